The van der Waals surface area contributed by atoms with E-state index in [0.717, 1.165) is 69.8 Å². The number of aromatic nitrogens is 2. The van der Waals surface area contributed by atoms with E-state index in [1.807, 2.05) is 47.4 Å². The first-order chi connectivity index (χ1) is 16.7. The van der Waals surface area contributed by atoms with E-state index in [1.54, 1.807) is 22.2 Å². The van der Waals surface area contributed by atoms with Gasteiger partial charge in [-0.3, -0.25) is 19.1 Å². The van der Waals surface area contributed by atoms with Gasteiger partial charge in [0.2, 0.25) is 0 Å². The molecular weight excluding hydrogens is 448 g/mol. The van der Waals surface area contributed by atoms with Gasteiger partial charge in [-0.15, -0.1) is 11.3 Å². The summed E-state index contributed by atoms with van der Waals surface area (Å²) in [4.78, 5) is 37.4. The van der Waals surface area contributed by atoms with Crippen LogP contribution in [0.3, 0.4) is 0 Å². The second-order valence-electron chi connectivity index (χ2n) is 8.88. The van der Waals surface area contributed by atoms with Gasteiger partial charge in [0.15, 0.2) is 0 Å². The van der Waals surface area contributed by atoms with Crippen LogP contribution in [0.25, 0.3) is 21.0 Å². The van der Waals surface area contributed by atoms with E-state index in [1.165, 1.54) is 0 Å². The summed E-state index contributed by atoms with van der Waals surface area (Å²) >= 11 is 1.54. The molecule has 1 saturated heterocycles. The first-order valence-electron chi connectivity index (χ1n) is 11.8. The summed E-state index contributed by atoms with van der Waals surface area (Å²) in [5.74, 6) is 0.0378. The topological polar surface area (TPSA) is 67.7 Å². The molecule has 0 saturated carbocycles. The Morgan fingerprint density at radius 2 is 1.85 bits per heavy atom. The Labute approximate surface area is 201 Å². The summed E-state index contributed by atoms with van der Waals surface area (Å²) in [5.41, 5.74) is 1.83. The SMILES string of the molecule is O=C(c1cccc2ccccc12)N1CCc2c(sc3ncn(CCN4CCOCC4)c(=O)c23)C1. The molecule has 6 rings (SSSR count). The van der Waals surface area contributed by atoms with E-state index in [9.17, 15) is 9.59 Å². The van der Waals surface area contributed by atoms with Crippen molar-refractivity contribution in [3.63, 3.8) is 0 Å². The molecule has 1 amide bonds. The number of morpholine rings is 1. The normalized spacial score (nSPS) is 16.8. The van der Waals surface area contributed by atoms with Crippen molar-refractivity contribution < 1.29 is 9.53 Å². The number of ether oxygens (including phenoxy) is 1. The Kier molecular flexibility index (Phi) is 5.64. The van der Waals surface area contributed by atoms with E-state index in [4.69, 9.17) is 4.74 Å². The molecule has 34 heavy (non-hydrogen) atoms. The van der Waals surface area contributed by atoms with Gasteiger partial charge in [0.05, 0.1) is 31.5 Å². The minimum atomic E-state index is 0.0320. The number of fused-ring (bicyclic) bond motifs is 4. The van der Waals surface area contributed by atoms with E-state index in [-0.39, 0.29) is 11.5 Å². The standard InChI is InChI=1S/C26H26N4O3S/c31-25(20-7-3-5-18-4-1-2-6-19(18)20)29-9-8-21-22(16-29)34-24-23(21)26(32)30(17-27-24)11-10-28-12-14-33-15-13-28/h1-7,17H,8-16H2. The molecule has 2 aromatic heterocycles. The molecule has 4 heterocycles. The molecule has 0 N–H and O–H groups in total. The number of carbonyl (C=O) groups excluding carboxylic acids is 1. The molecule has 7 nitrogen and oxygen atoms in total. The monoisotopic (exact) mass is 474 g/mol. The molecule has 0 radical (unpaired) electrons. The third kappa shape index (κ3) is 3.81. The molecule has 0 atom stereocenters. The van der Waals surface area contributed by atoms with Crippen molar-refractivity contribution in [1.82, 2.24) is 19.4 Å². The van der Waals surface area contributed by atoms with Crippen molar-refractivity contribution >= 4 is 38.2 Å². The fourth-order valence-corrected chi connectivity index (χ4v) is 6.20. The lowest BCUT2D eigenvalue weighted by Crippen LogP contribution is -2.39. The summed E-state index contributed by atoms with van der Waals surface area (Å²) in [6.45, 7) is 5.86. The van der Waals surface area contributed by atoms with Crippen LogP contribution in [0.5, 0.6) is 0 Å². The van der Waals surface area contributed by atoms with Gasteiger partial charge < -0.3 is 9.64 Å². The van der Waals surface area contributed by atoms with Crippen LogP contribution in [0.4, 0.5) is 0 Å². The van der Waals surface area contributed by atoms with E-state index in [0.29, 0.717) is 26.1 Å². The zero-order valence-corrected chi connectivity index (χ0v) is 19.7. The van der Waals surface area contributed by atoms with Crippen LogP contribution in [0, 0.1) is 0 Å². The maximum absolute atomic E-state index is 13.4. The van der Waals surface area contributed by atoms with Crippen molar-refractivity contribution in [3.8, 4) is 0 Å². The number of hydrogen-bond donors (Lipinski definition) is 0. The van der Waals surface area contributed by atoms with Gasteiger partial charge in [0.1, 0.15) is 4.83 Å². The number of nitrogens with zero attached hydrogens (tertiary/aromatic N) is 4. The highest BCUT2D eigenvalue weighted by Crippen LogP contribution is 2.33. The van der Waals surface area contributed by atoms with Crippen molar-refractivity contribution in [1.29, 1.82) is 0 Å². The zero-order valence-electron chi connectivity index (χ0n) is 18.9. The van der Waals surface area contributed by atoms with Crippen LogP contribution in [0.2, 0.25) is 0 Å². The minimum Gasteiger partial charge on any atom is -0.379 e. The highest BCUT2D eigenvalue weighted by Gasteiger charge is 2.27. The first kappa shape index (κ1) is 21.5. The Balaban J connectivity index is 1.26. The van der Waals surface area contributed by atoms with E-state index < -0.39 is 0 Å². The van der Waals surface area contributed by atoms with Gasteiger partial charge in [0, 0.05) is 43.2 Å². The van der Waals surface area contributed by atoms with Gasteiger partial charge in [-0.25, -0.2) is 4.98 Å². The summed E-state index contributed by atoms with van der Waals surface area (Å²) in [6.07, 6.45) is 2.35. The molecule has 2 aliphatic heterocycles. The molecule has 8 heteroatoms. The second kappa shape index (κ2) is 8.94. The minimum absolute atomic E-state index is 0.0320. The largest absolute Gasteiger partial charge is 0.379 e. The second-order valence-corrected chi connectivity index (χ2v) is 9.97. The molecule has 4 aromatic rings. The Morgan fingerprint density at radius 3 is 2.74 bits per heavy atom. The van der Waals surface area contributed by atoms with Crippen molar-refractivity contribution in [2.45, 2.75) is 19.5 Å². The molecule has 174 valence electrons. The summed E-state index contributed by atoms with van der Waals surface area (Å²) in [5, 5.41) is 2.78. The van der Waals surface area contributed by atoms with Crippen LogP contribution in [0.15, 0.2) is 53.6 Å². The highest BCUT2D eigenvalue weighted by molar-refractivity contribution is 7.18. The highest BCUT2D eigenvalue weighted by atomic mass is 32.1. The van der Waals surface area contributed by atoms with Crippen LogP contribution in [-0.2, 0) is 24.2 Å². The third-order valence-corrected chi connectivity index (χ3v) is 8.02. The Hall–Kier alpha value is -3.07. The Bertz CT molecular complexity index is 1430. The number of rotatable bonds is 4. The van der Waals surface area contributed by atoms with Gasteiger partial charge >= 0.3 is 0 Å². The van der Waals surface area contributed by atoms with Gasteiger partial charge in [0.25, 0.3) is 11.5 Å². The summed E-state index contributed by atoms with van der Waals surface area (Å²) < 4.78 is 7.15. The smallest absolute Gasteiger partial charge is 0.262 e. The average molecular weight is 475 g/mol. The Morgan fingerprint density at radius 1 is 1.03 bits per heavy atom. The lowest BCUT2D eigenvalue weighted by molar-refractivity contribution is 0.0362. The predicted octanol–water partition coefficient (Wildman–Crippen LogP) is 3.14. The molecule has 0 bridgehead atoms. The van der Waals surface area contributed by atoms with E-state index >= 15 is 0 Å². The number of hydrogen-bond acceptors (Lipinski definition) is 6. The van der Waals surface area contributed by atoms with Gasteiger partial charge in [-0.2, -0.15) is 0 Å². The molecule has 2 aliphatic rings. The molecule has 0 unspecified atom stereocenters. The molecule has 1 fully saturated rings. The average Bonchev–Trinajstić information content (AvgIpc) is 3.27. The molecule has 0 aliphatic carbocycles. The zero-order chi connectivity index (χ0) is 23.1. The van der Waals surface area contributed by atoms with Crippen LogP contribution in [0.1, 0.15) is 20.8 Å². The third-order valence-electron chi connectivity index (χ3n) is 6.90. The summed E-state index contributed by atoms with van der Waals surface area (Å²) in [7, 11) is 0. The number of amides is 1. The number of benzene rings is 2. The van der Waals surface area contributed by atoms with Crippen molar-refractivity contribution in [3.05, 3.63) is 75.1 Å². The van der Waals surface area contributed by atoms with Crippen LogP contribution >= 0.6 is 11.3 Å². The van der Waals surface area contributed by atoms with Crippen molar-refractivity contribution in [2.75, 3.05) is 39.4 Å². The maximum Gasteiger partial charge on any atom is 0.262 e. The van der Waals surface area contributed by atoms with Gasteiger partial charge in [-0.05, 0) is 28.8 Å². The number of thiophene rings is 1. The van der Waals surface area contributed by atoms with Crippen molar-refractivity contribution in [2.24, 2.45) is 0 Å². The first-order valence-corrected chi connectivity index (χ1v) is 12.6. The van der Waals surface area contributed by atoms with Crippen LogP contribution < -0.4 is 5.56 Å². The summed E-state index contributed by atoms with van der Waals surface area (Å²) in [6, 6.07) is 13.9. The maximum atomic E-state index is 13.4. The molecule has 2 aromatic carbocycles. The number of carbonyl (C=O) groups is 1. The van der Waals surface area contributed by atoms with Crippen LogP contribution in [-0.4, -0.2) is 64.7 Å². The fraction of sp³-hybridized carbons (Fsp3) is 0.346. The van der Waals surface area contributed by atoms with E-state index in [2.05, 4.69) is 9.88 Å². The molecule has 0 spiro atoms. The quantitative estimate of drug-likeness (QED) is 0.455. The fourth-order valence-electron chi connectivity index (χ4n) is 5.01. The van der Waals surface area contributed by atoms with Gasteiger partial charge in [-0.1, -0.05) is 36.4 Å². The molecular formula is C26H26N4O3S. The lowest BCUT2D eigenvalue weighted by Gasteiger charge is -2.27. The lowest BCUT2D eigenvalue weighted by atomic mass is 10.0. The predicted molar refractivity (Wildman–Crippen MR) is 134 cm³/mol.